The predicted octanol–water partition coefficient (Wildman–Crippen LogP) is 1.60. The summed E-state index contributed by atoms with van der Waals surface area (Å²) in [5.41, 5.74) is 1.44. The lowest BCUT2D eigenvalue weighted by molar-refractivity contribution is 0.000108. The van der Waals surface area contributed by atoms with Crippen LogP contribution in [0.25, 0.3) is 10.9 Å². The van der Waals surface area contributed by atoms with Gasteiger partial charge >= 0.3 is 0 Å². The second-order valence-electron chi connectivity index (χ2n) is 5.90. The number of aromatic nitrogens is 4. The summed E-state index contributed by atoms with van der Waals surface area (Å²) in [6.45, 7) is 0.684. The molecule has 7 nitrogen and oxygen atoms in total. The van der Waals surface area contributed by atoms with E-state index >= 15 is 0 Å². The van der Waals surface area contributed by atoms with Crippen LogP contribution in [0.5, 0.6) is 0 Å². The van der Waals surface area contributed by atoms with Gasteiger partial charge in [0, 0.05) is 18.6 Å². The fourth-order valence-electron chi connectivity index (χ4n) is 3.21. The second-order valence-corrected chi connectivity index (χ2v) is 6.31. The molecular formula is C16H13ClN6O. The smallest absolute Gasteiger partial charge is 0.142 e. The monoisotopic (exact) mass is 340 g/mol. The topological polar surface area (TPSA) is 90.9 Å². The SMILES string of the molecule is Cn1nncc1C1(O)CN(c2c(C#N)cnc3c(Cl)cccc23)C1. The van der Waals surface area contributed by atoms with Crippen LogP contribution in [0, 0.1) is 11.3 Å². The maximum absolute atomic E-state index is 10.8. The van der Waals surface area contributed by atoms with Crippen molar-refractivity contribution in [2.24, 2.45) is 7.05 Å². The minimum Gasteiger partial charge on any atom is -0.380 e. The third-order valence-electron chi connectivity index (χ3n) is 4.35. The molecule has 0 aliphatic carbocycles. The summed E-state index contributed by atoms with van der Waals surface area (Å²) in [6, 6.07) is 7.65. The summed E-state index contributed by atoms with van der Waals surface area (Å²) in [5, 5.41) is 29.3. The second kappa shape index (κ2) is 5.16. The Balaban J connectivity index is 1.78. The van der Waals surface area contributed by atoms with Gasteiger partial charge < -0.3 is 10.0 Å². The molecule has 0 bridgehead atoms. The van der Waals surface area contributed by atoms with E-state index in [0.29, 0.717) is 34.9 Å². The van der Waals surface area contributed by atoms with E-state index < -0.39 is 5.60 Å². The number of benzene rings is 1. The fraction of sp³-hybridized carbons (Fsp3) is 0.250. The van der Waals surface area contributed by atoms with Gasteiger partial charge in [0.15, 0.2) is 0 Å². The van der Waals surface area contributed by atoms with Crippen molar-refractivity contribution in [2.45, 2.75) is 5.60 Å². The third-order valence-corrected chi connectivity index (χ3v) is 4.66. The Hall–Kier alpha value is -2.69. The maximum Gasteiger partial charge on any atom is 0.142 e. The summed E-state index contributed by atoms with van der Waals surface area (Å²) < 4.78 is 1.56. The number of nitriles is 1. The molecule has 0 unspecified atom stereocenters. The van der Waals surface area contributed by atoms with Gasteiger partial charge in [-0.05, 0) is 6.07 Å². The van der Waals surface area contributed by atoms with E-state index in [1.165, 1.54) is 6.20 Å². The van der Waals surface area contributed by atoms with Gasteiger partial charge in [0.25, 0.3) is 0 Å². The van der Waals surface area contributed by atoms with Crippen LogP contribution in [0.3, 0.4) is 0 Å². The Morgan fingerprint density at radius 1 is 1.33 bits per heavy atom. The van der Waals surface area contributed by atoms with E-state index in [2.05, 4.69) is 21.4 Å². The van der Waals surface area contributed by atoms with Gasteiger partial charge in [0.05, 0.1) is 46.8 Å². The van der Waals surface area contributed by atoms with Gasteiger partial charge in [-0.1, -0.05) is 28.9 Å². The first-order chi connectivity index (χ1) is 11.5. The van der Waals surface area contributed by atoms with Gasteiger partial charge in [-0.15, -0.1) is 5.10 Å². The molecule has 0 atom stereocenters. The van der Waals surface area contributed by atoms with Crippen molar-refractivity contribution < 1.29 is 5.11 Å². The van der Waals surface area contributed by atoms with Gasteiger partial charge in [-0.3, -0.25) is 4.98 Å². The molecule has 8 heteroatoms. The Labute approximate surface area is 142 Å². The number of halogens is 1. The minimum atomic E-state index is -1.04. The zero-order valence-corrected chi connectivity index (χ0v) is 13.6. The lowest BCUT2D eigenvalue weighted by Crippen LogP contribution is -2.60. The van der Waals surface area contributed by atoms with Crippen LogP contribution in [-0.2, 0) is 12.6 Å². The number of pyridine rings is 1. The van der Waals surface area contributed by atoms with Crippen LogP contribution in [0.15, 0.2) is 30.6 Å². The molecule has 3 heterocycles. The fourth-order valence-corrected chi connectivity index (χ4v) is 3.44. The Morgan fingerprint density at radius 2 is 2.12 bits per heavy atom. The van der Waals surface area contributed by atoms with Crippen LogP contribution < -0.4 is 4.90 Å². The van der Waals surface area contributed by atoms with Crippen molar-refractivity contribution in [1.82, 2.24) is 20.0 Å². The highest BCUT2D eigenvalue weighted by Gasteiger charge is 2.46. The molecule has 3 aromatic rings. The number of rotatable bonds is 2. The first-order valence-electron chi connectivity index (χ1n) is 7.33. The van der Waals surface area contributed by atoms with E-state index in [-0.39, 0.29) is 0 Å². The number of fused-ring (bicyclic) bond motifs is 1. The van der Waals surface area contributed by atoms with E-state index in [0.717, 1.165) is 11.1 Å². The number of aliphatic hydroxyl groups is 1. The van der Waals surface area contributed by atoms with Crippen LogP contribution >= 0.6 is 11.6 Å². The molecule has 1 saturated heterocycles. The average Bonchev–Trinajstić information content (AvgIpc) is 2.98. The molecule has 120 valence electrons. The van der Waals surface area contributed by atoms with Crippen molar-refractivity contribution in [2.75, 3.05) is 18.0 Å². The van der Waals surface area contributed by atoms with E-state index in [9.17, 15) is 10.4 Å². The lowest BCUT2D eigenvalue weighted by atomic mass is 9.89. The van der Waals surface area contributed by atoms with Crippen molar-refractivity contribution in [3.63, 3.8) is 0 Å². The summed E-state index contributed by atoms with van der Waals surface area (Å²) in [4.78, 5) is 6.24. The van der Waals surface area contributed by atoms with Crippen LogP contribution in [0.1, 0.15) is 11.3 Å². The maximum atomic E-state index is 10.8. The predicted molar refractivity (Wildman–Crippen MR) is 88.6 cm³/mol. The van der Waals surface area contributed by atoms with Gasteiger partial charge in [-0.2, -0.15) is 5.26 Å². The van der Waals surface area contributed by atoms with Crippen LogP contribution in [0.4, 0.5) is 5.69 Å². The van der Waals surface area contributed by atoms with Crippen LogP contribution in [-0.4, -0.2) is 38.2 Å². The number of hydrogen-bond acceptors (Lipinski definition) is 6. The highest BCUT2D eigenvalue weighted by molar-refractivity contribution is 6.35. The molecule has 1 N–H and O–H groups in total. The van der Waals surface area contributed by atoms with Gasteiger partial charge in [-0.25, -0.2) is 4.68 Å². The highest BCUT2D eigenvalue weighted by Crippen LogP contribution is 2.40. The van der Waals surface area contributed by atoms with E-state index in [1.807, 2.05) is 17.0 Å². The molecule has 0 radical (unpaired) electrons. The standard InChI is InChI=1S/C16H13ClN6O/c1-22-13(7-20-21-22)16(24)8-23(9-16)15-10(5-18)6-19-14-11(15)3-2-4-12(14)17/h2-4,6-7,24H,8-9H2,1H3. The molecule has 0 saturated carbocycles. The molecule has 0 amide bonds. The van der Waals surface area contributed by atoms with Gasteiger partial charge in [0.2, 0.25) is 0 Å². The first-order valence-corrected chi connectivity index (χ1v) is 7.71. The minimum absolute atomic E-state index is 0.342. The van der Waals surface area contributed by atoms with Gasteiger partial charge in [0.1, 0.15) is 11.7 Å². The summed E-state index contributed by atoms with van der Waals surface area (Å²) >= 11 is 6.22. The summed E-state index contributed by atoms with van der Waals surface area (Å²) in [6.07, 6.45) is 3.08. The van der Waals surface area contributed by atoms with Crippen molar-refractivity contribution in [3.05, 3.63) is 46.9 Å². The largest absolute Gasteiger partial charge is 0.380 e. The molecule has 1 fully saturated rings. The summed E-state index contributed by atoms with van der Waals surface area (Å²) in [7, 11) is 1.74. The van der Waals surface area contributed by atoms with Crippen molar-refractivity contribution in [1.29, 1.82) is 5.26 Å². The highest BCUT2D eigenvalue weighted by atomic mass is 35.5. The zero-order chi connectivity index (χ0) is 16.9. The number of anilines is 1. The number of β-amino-alcohol motifs (C(OH)–C–C–N with tert-alkyl or cyclic N) is 1. The Kier molecular flexibility index (Phi) is 3.20. The van der Waals surface area contributed by atoms with E-state index in [4.69, 9.17) is 11.6 Å². The quantitative estimate of drug-likeness (QED) is 0.762. The molecule has 4 rings (SSSR count). The number of para-hydroxylation sites is 1. The third kappa shape index (κ3) is 2.04. The lowest BCUT2D eigenvalue weighted by Gasteiger charge is -2.47. The number of nitrogens with zero attached hydrogens (tertiary/aromatic N) is 6. The molecule has 24 heavy (non-hydrogen) atoms. The molecule has 1 aliphatic rings. The normalized spacial score (nSPS) is 16.0. The summed E-state index contributed by atoms with van der Waals surface area (Å²) in [5.74, 6) is 0. The van der Waals surface area contributed by atoms with E-state index in [1.54, 1.807) is 24.0 Å². The molecular weight excluding hydrogens is 328 g/mol. The molecule has 0 spiro atoms. The average molecular weight is 341 g/mol. The Bertz CT molecular complexity index is 986. The molecule has 2 aromatic heterocycles. The first kappa shape index (κ1) is 14.9. The van der Waals surface area contributed by atoms with Crippen LogP contribution in [0.2, 0.25) is 5.02 Å². The molecule has 1 aliphatic heterocycles. The number of hydrogen-bond donors (Lipinski definition) is 1. The van der Waals surface area contributed by atoms with Crippen molar-refractivity contribution >= 4 is 28.2 Å². The molecule has 1 aromatic carbocycles. The Morgan fingerprint density at radius 3 is 2.79 bits per heavy atom. The number of aryl methyl sites for hydroxylation is 1. The zero-order valence-electron chi connectivity index (χ0n) is 12.8. The van der Waals surface area contributed by atoms with Crippen molar-refractivity contribution in [3.8, 4) is 6.07 Å².